The normalized spacial score (nSPS) is 10.3. The van der Waals surface area contributed by atoms with Gasteiger partial charge in [0, 0.05) is 24.9 Å². The minimum absolute atomic E-state index is 0.0736. The first-order chi connectivity index (χ1) is 14.0. The number of nitrogens with one attached hydrogen (secondary N) is 1. The topological polar surface area (TPSA) is 75.7 Å². The van der Waals surface area contributed by atoms with E-state index in [-0.39, 0.29) is 37.0 Å². The predicted molar refractivity (Wildman–Crippen MR) is 113 cm³/mol. The van der Waals surface area contributed by atoms with E-state index >= 15 is 0 Å². The van der Waals surface area contributed by atoms with Crippen molar-refractivity contribution in [3.05, 3.63) is 59.7 Å². The summed E-state index contributed by atoms with van der Waals surface area (Å²) in [6.07, 6.45) is 1.11. The predicted octanol–water partition coefficient (Wildman–Crippen LogP) is 3.71. The van der Waals surface area contributed by atoms with Crippen LogP contribution in [0.1, 0.15) is 42.6 Å². The molecule has 29 heavy (non-hydrogen) atoms. The summed E-state index contributed by atoms with van der Waals surface area (Å²) in [5, 5.41) is 2.76. The number of hydrogen-bond donors (Lipinski definition) is 1. The molecule has 0 radical (unpaired) electrons. The highest BCUT2D eigenvalue weighted by Gasteiger charge is 2.18. The zero-order valence-electron chi connectivity index (χ0n) is 17.2. The number of ketones is 1. The van der Waals surface area contributed by atoms with E-state index < -0.39 is 0 Å². The number of carbonyl (C=O) groups is 3. The number of aryl methyl sites for hydroxylation is 1. The van der Waals surface area contributed by atoms with E-state index in [1.54, 1.807) is 37.3 Å². The zero-order chi connectivity index (χ0) is 21.2. The SMILES string of the molecule is CCc1ccc(C(=O)CCC(=O)N(CC)CC(=O)Nc2ccccc2OC)cc1. The van der Waals surface area contributed by atoms with Crippen molar-refractivity contribution in [2.24, 2.45) is 0 Å². The molecule has 0 fully saturated rings. The molecule has 2 aromatic rings. The van der Waals surface area contributed by atoms with E-state index in [0.29, 0.717) is 23.5 Å². The largest absolute Gasteiger partial charge is 0.495 e. The molecule has 1 N–H and O–H groups in total. The van der Waals surface area contributed by atoms with Gasteiger partial charge in [-0.1, -0.05) is 43.3 Å². The molecule has 0 unspecified atom stereocenters. The average molecular weight is 396 g/mol. The van der Waals surface area contributed by atoms with Crippen molar-refractivity contribution >= 4 is 23.3 Å². The minimum Gasteiger partial charge on any atom is -0.495 e. The van der Waals surface area contributed by atoms with Crippen LogP contribution in [0.3, 0.4) is 0 Å². The van der Waals surface area contributed by atoms with Gasteiger partial charge in [0.25, 0.3) is 0 Å². The summed E-state index contributed by atoms with van der Waals surface area (Å²) >= 11 is 0. The molecular weight excluding hydrogens is 368 g/mol. The van der Waals surface area contributed by atoms with Gasteiger partial charge in [0.2, 0.25) is 11.8 Å². The van der Waals surface area contributed by atoms with Crippen molar-refractivity contribution < 1.29 is 19.1 Å². The van der Waals surface area contributed by atoms with Gasteiger partial charge in [0.1, 0.15) is 5.75 Å². The van der Waals surface area contributed by atoms with E-state index in [1.807, 2.05) is 18.2 Å². The number of Topliss-reactive ketones (excluding diaryl/α,β-unsaturated/α-hetero) is 1. The Morgan fingerprint density at radius 2 is 1.66 bits per heavy atom. The Morgan fingerprint density at radius 3 is 2.28 bits per heavy atom. The molecule has 0 aliphatic heterocycles. The van der Waals surface area contributed by atoms with Crippen molar-refractivity contribution in [3.8, 4) is 5.75 Å². The third-order valence-electron chi connectivity index (χ3n) is 4.70. The molecule has 6 heteroatoms. The van der Waals surface area contributed by atoms with Crippen molar-refractivity contribution in [1.29, 1.82) is 0 Å². The fraction of sp³-hybridized carbons (Fsp3) is 0.348. The fourth-order valence-corrected chi connectivity index (χ4v) is 2.94. The van der Waals surface area contributed by atoms with E-state index in [2.05, 4.69) is 12.2 Å². The molecule has 154 valence electrons. The van der Waals surface area contributed by atoms with Crippen molar-refractivity contribution in [3.63, 3.8) is 0 Å². The highest BCUT2D eigenvalue weighted by Crippen LogP contribution is 2.22. The van der Waals surface area contributed by atoms with Gasteiger partial charge in [-0.15, -0.1) is 0 Å². The number of methoxy groups -OCH3 is 1. The van der Waals surface area contributed by atoms with Crippen molar-refractivity contribution in [2.75, 3.05) is 25.5 Å². The number of benzene rings is 2. The third-order valence-corrected chi connectivity index (χ3v) is 4.70. The van der Waals surface area contributed by atoms with E-state index in [1.165, 1.54) is 12.0 Å². The van der Waals surface area contributed by atoms with E-state index in [9.17, 15) is 14.4 Å². The average Bonchev–Trinajstić information content (AvgIpc) is 2.75. The number of anilines is 1. The summed E-state index contributed by atoms with van der Waals surface area (Å²) in [5.74, 6) is -0.0576. The van der Waals surface area contributed by atoms with Gasteiger partial charge >= 0.3 is 0 Å². The quantitative estimate of drug-likeness (QED) is 0.621. The molecule has 0 aliphatic carbocycles. The summed E-state index contributed by atoms with van der Waals surface area (Å²) in [5.41, 5.74) is 2.32. The summed E-state index contributed by atoms with van der Waals surface area (Å²) in [6, 6.07) is 14.5. The van der Waals surface area contributed by atoms with Crippen LogP contribution < -0.4 is 10.1 Å². The van der Waals surface area contributed by atoms with Gasteiger partial charge < -0.3 is 15.0 Å². The Balaban J connectivity index is 1.88. The van der Waals surface area contributed by atoms with E-state index in [4.69, 9.17) is 4.74 Å². The number of ether oxygens (including phenoxy) is 1. The summed E-state index contributed by atoms with van der Waals surface area (Å²) in [7, 11) is 1.53. The van der Waals surface area contributed by atoms with E-state index in [0.717, 1.165) is 12.0 Å². The molecular formula is C23H28N2O4. The van der Waals surface area contributed by atoms with Crippen LogP contribution in [-0.2, 0) is 16.0 Å². The van der Waals surface area contributed by atoms with Gasteiger partial charge in [-0.25, -0.2) is 0 Å². The zero-order valence-corrected chi connectivity index (χ0v) is 17.2. The molecule has 0 heterocycles. The maximum absolute atomic E-state index is 12.5. The number of nitrogens with zero attached hydrogens (tertiary/aromatic N) is 1. The standard InChI is InChI=1S/C23H28N2O4/c1-4-17-10-12-18(13-11-17)20(26)14-15-23(28)25(5-2)16-22(27)24-19-8-6-7-9-21(19)29-3/h6-13H,4-5,14-16H2,1-3H3,(H,24,27). The highest BCUT2D eigenvalue weighted by atomic mass is 16.5. The number of rotatable bonds is 10. The number of hydrogen-bond acceptors (Lipinski definition) is 4. The molecule has 2 aromatic carbocycles. The second kappa shape index (κ2) is 11.0. The maximum atomic E-state index is 12.5. The molecule has 0 saturated carbocycles. The molecule has 0 aromatic heterocycles. The Kier molecular flexibility index (Phi) is 8.40. The van der Waals surface area contributed by atoms with Gasteiger partial charge in [-0.05, 0) is 31.0 Å². The van der Waals surface area contributed by atoms with Gasteiger partial charge in [0.05, 0.1) is 19.3 Å². The van der Waals surface area contributed by atoms with Crippen LogP contribution in [0.25, 0.3) is 0 Å². The molecule has 2 amide bonds. The fourth-order valence-electron chi connectivity index (χ4n) is 2.94. The van der Waals surface area contributed by atoms with Crippen LogP contribution in [0.15, 0.2) is 48.5 Å². The van der Waals surface area contributed by atoms with Gasteiger partial charge in [-0.2, -0.15) is 0 Å². The van der Waals surface area contributed by atoms with Crippen LogP contribution in [0.5, 0.6) is 5.75 Å². The Morgan fingerprint density at radius 1 is 0.966 bits per heavy atom. The number of para-hydroxylation sites is 2. The summed E-state index contributed by atoms with van der Waals surface area (Å²) in [4.78, 5) is 38.6. The first-order valence-electron chi connectivity index (χ1n) is 9.81. The molecule has 6 nitrogen and oxygen atoms in total. The first kappa shape index (κ1) is 22.1. The monoisotopic (exact) mass is 396 g/mol. The van der Waals surface area contributed by atoms with Gasteiger partial charge in [0.15, 0.2) is 5.78 Å². The molecule has 0 saturated heterocycles. The number of amides is 2. The van der Waals surface area contributed by atoms with Crippen molar-refractivity contribution in [2.45, 2.75) is 33.1 Å². The van der Waals surface area contributed by atoms with Crippen LogP contribution in [-0.4, -0.2) is 42.7 Å². The summed E-state index contributed by atoms with van der Waals surface area (Å²) < 4.78 is 5.21. The lowest BCUT2D eigenvalue weighted by atomic mass is 10.0. The Labute approximate surface area is 171 Å². The smallest absolute Gasteiger partial charge is 0.244 e. The third kappa shape index (κ3) is 6.45. The molecule has 0 atom stereocenters. The summed E-state index contributed by atoms with van der Waals surface area (Å²) in [6.45, 7) is 4.17. The second-order valence-corrected chi connectivity index (χ2v) is 6.63. The number of carbonyl (C=O) groups excluding carboxylic acids is 3. The van der Waals surface area contributed by atoms with Crippen LogP contribution >= 0.6 is 0 Å². The molecule has 0 spiro atoms. The second-order valence-electron chi connectivity index (χ2n) is 6.63. The highest BCUT2D eigenvalue weighted by molar-refractivity contribution is 5.99. The lowest BCUT2D eigenvalue weighted by Gasteiger charge is -2.20. The number of likely N-dealkylation sites (N-methyl/N-ethyl adjacent to an activating group) is 1. The molecule has 0 bridgehead atoms. The lowest BCUT2D eigenvalue weighted by Crippen LogP contribution is -2.38. The van der Waals surface area contributed by atoms with Crippen LogP contribution in [0.4, 0.5) is 5.69 Å². The van der Waals surface area contributed by atoms with Crippen LogP contribution in [0.2, 0.25) is 0 Å². The lowest BCUT2D eigenvalue weighted by molar-refractivity contribution is -0.134. The Bertz CT molecular complexity index is 846. The first-order valence-corrected chi connectivity index (χ1v) is 9.81. The molecule has 0 aliphatic rings. The van der Waals surface area contributed by atoms with Crippen molar-refractivity contribution in [1.82, 2.24) is 4.90 Å². The van der Waals surface area contributed by atoms with Gasteiger partial charge in [-0.3, -0.25) is 14.4 Å². The molecule has 2 rings (SSSR count). The van der Waals surface area contributed by atoms with Crippen LogP contribution in [0, 0.1) is 0 Å². The minimum atomic E-state index is -0.314. The maximum Gasteiger partial charge on any atom is 0.244 e. The Hall–Kier alpha value is -3.15.